The van der Waals surface area contributed by atoms with Crippen molar-refractivity contribution in [2.75, 3.05) is 19.5 Å². The number of anilines is 1. The average molecular weight is 361 g/mol. The first kappa shape index (κ1) is 18.5. The lowest BCUT2D eigenvalue weighted by molar-refractivity contribution is -0.130. The number of benzene rings is 2. The van der Waals surface area contributed by atoms with Gasteiger partial charge in [0.05, 0.1) is 14.2 Å². The number of aliphatic hydroxyl groups is 1. The Kier molecular flexibility index (Phi) is 6.55. The predicted octanol–water partition coefficient (Wildman–Crippen LogP) is 1.75. The van der Waals surface area contributed by atoms with E-state index < -0.39 is 12.0 Å². The summed E-state index contributed by atoms with van der Waals surface area (Å²) in [5.41, 5.74) is 6.02. The molecule has 132 valence electrons. The molecule has 4 N–H and O–H groups in total. The number of amides is 1. The van der Waals surface area contributed by atoms with E-state index in [0.29, 0.717) is 22.7 Å². The van der Waals surface area contributed by atoms with Crippen LogP contribution in [0.4, 0.5) is 5.69 Å². The smallest absolute Gasteiger partial charge is 0.271 e. The first-order valence-electron chi connectivity index (χ1n) is 7.37. The van der Waals surface area contributed by atoms with Gasteiger partial charge in [0.15, 0.2) is 22.7 Å². The van der Waals surface area contributed by atoms with Crippen molar-refractivity contribution in [3.05, 3.63) is 54.1 Å². The molecule has 0 bridgehead atoms. The van der Waals surface area contributed by atoms with Gasteiger partial charge < -0.3 is 19.9 Å². The highest BCUT2D eigenvalue weighted by Gasteiger charge is 2.16. The molecule has 0 unspecified atom stereocenters. The largest absolute Gasteiger partial charge is 0.493 e. The Morgan fingerprint density at radius 3 is 2.36 bits per heavy atom. The second kappa shape index (κ2) is 8.86. The molecule has 0 radical (unpaired) electrons. The molecular formula is C17H19N3O4S. The molecule has 1 atom stereocenters. The third kappa shape index (κ3) is 5.07. The van der Waals surface area contributed by atoms with Crippen LogP contribution < -0.4 is 25.6 Å². The van der Waals surface area contributed by atoms with Crippen molar-refractivity contribution in [2.24, 2.45) is 0 Å². The molecule has 25 heavy (non-hydrogen) atoms. The molecule has 1 amide bonds. The van der Waals surface area contributed by atoms with Crippen molar-refractivity contribution in [3.63, 3.8) is 0 Å². The Hall–Kier alpha value is -2.84. The van der Waals surface area contributed by atoms with Crippen LogP contribution in [0.1, 0.15) is 11.7 Å². The van der Waals surface area contributed by atoms with Crippen molar-refractivity contribution in [1.82, 2.24) is 10.9 Å². The molecule has 8 heteroatoms. The minimum absolute atomic E-state index is 0.154. The topological polar surface area (TPSA) is 91.9 Å². The molecule has 0 heterocycles. The van der Waals surface area contributed by atoms with Crippen molar-refractivity contribution in [3.8, 4) is 11.5 Å². The molecule has 0 saturated heterocycles. The van der Waals surface area contributed by atoms with Gasteiger partial charge in [0.1, 0.15) is 0 Å². The molecule has 0 aliphatic heterocycles. The standard InChI is InChI=1S/C17H19N3O4S/c1-23-13-9-8-12(10-14(13)24-2)18-17(25)20-19-16(22)15(21)11-6-4-3-5-7-11/h3-10,15,21H,1-2H3,(H,19,22)(H2,18,20,25)/t15-/m0/s1. The minimum atomic E-state index is -1.29. The first-order chi connectivity index (χ1) is 12.0. The van der Waals surface area contributed by atoms with Gasteiger partial charge in [-0.2, -0.15) is 0 Å². The summed E-state index contributed by atoms with van der Waals surface area (Å²) in [5, 5.41) is 13.0. The fourth-order valence-corrected chi connectivity index (χ4v) is 2.22. The summed E-state index contributed by atoms with van der Waals surface area (Å²) in [7, 11) is 3.08. The molecule has 2 rings (SSSR count). The van der Waals surface area contributed by atoms with Crippen molar-refractivity contribution >= 4 is 28.9 Å². The highest BCUT2D eigenvalue weighted by atomic mass is 32.1. The fourth-order valence-electron chi connectivity index (χ4n) is 2.05. The summed E-state index contributed by atoms with van der Waals surface area (Å²) in [4.78, 5) is 11.9. The molecule has 0 aliphatic carbocycles. The van der Waals surface area contributed by atoms with E-state index in [1.807, 2.05) is 0 Å². The second-order valence-electron chi connectivity index (χ2n) is 4.95. The van der Waals surface area contributed by atoms with Gasteiger partial charge in [0.25, 0.3) is 5.91 Å². The summed E-state index contributed by atoms with van der Waals surface area (Å²) < 4.78 is 10.4. The zero-order valence-corrected chi connectivity index (χ0v) is 14.6. The van der Waals surface area contributed by atoms with E-state index >= 15 is 0 Å². The van der Waals surface area contributed by atoms with Crippen LogP contribution >= 0.6 is 12.2 Å². The van der Waals surface area contributed by atoms with E-state index in [2.05, 4.69) is 16.2 Å². The van der Waals surface area contributed by atoms with Crippen LogP contribution in [0.2, 0.25) is 0 Å². The lowest BCUT2D eigenvalue weighted by atomic mass is 10.1. The summed E-state index contributed by atoms with van der Waals surface area (Å²) in [6, 6.07) is 13.8. The predicted molar refractivity (Wildman–Crippen MR) is 98.4 cm³/mol. The summed E-state index contributed by atoms with van der Waals surface area (Å²) in [6.07, 6.45) is -1.29. The number of nitrogens with one attached hydrogen (secondary N) is 3. The van der Waals surface area contributed by atoms with Crippen LogP contribution in [-0.2, 0) is 4.79 Å². The first-order valence-corrected chi connectivity index (χ1v) is 7.78. The Balaban J connectivity index is 1.89. The van der Waals surface area contributed by atoms with Gasteiger partial charge in [-0.25, -0.2) is 0 Å². The minimum Gasteiger partial charge on any atom is -0.493 e. The van der Waals surface area contributed by atoms with E-state index in [-0.39, 0.29) is 5.11 Å². The van der Waals surface area contributed by atoms with Gasteiger partial charge in [-0.3, -0.25) is 15.6 Å². The molecule has 2 aromatic carbocycles. The number of carbonyl (C=O) groups is 1. The Labute approximate surface area is 150 Å². The monoisotopic (exact) mass is 361 g/mol. The zero-order chi connectivity index (χ0) is 18.2. The summed E-state index contributed by atoms with van der Waals surface area (Å²) in [6.45, 7) is 0. The molecule has 0 aliphatic rings. The number of aliphatic hydroxyl groups excluding tert-OH is 1. The van der Waals surface area contributed by atoms with Crippen molar-refractivity contribution < 1.29 is 19.4 Å². The number of hydrogen-bond donors (Lipinski definition) is 4. The van der Waals surface area contributed by atoms with E-state index in [1.165, 1.54) is 7.11 Å². The van der Waals surface area contributed by atoms with E-state index in [9.17, 15) is 9.90 Å². The maximum Gasteiger partial charge on any atom is 0.271 e. The van der Waals surface area contributed by atoms with E-state index in [4.69, 9.17) is 21.7 Å². The number of methoxy groups -OCH3 is 2. The lowest BCUT2D eigenvalue weighted by Crippen LogP contribution is -2.45. The number of ether oxygens (including phenoxy) is 2. The van der Waals surface area contributed by atoms with Gasteiger partial charge >= 0.3 is 0 Å². The van der Waals surface area contributed by atoms with Crippen LogP contribution in [0, 0.1) is 0 Å². The van der Waals surface area contributed by atoms with Crippen LogP contribution in [0.5, 0.6) is 11.5 Å². The van der Waals surface area contributed by atoms with Gasteiger partial charge in [0, 0.05) is 11.8 Å². The molecule has 2 aromatic rings. The third-order valence-corrected chi connectivity index (χ3v) is 3.51. The summed E-state index contributed by atoms with van der Waals surface area (Å²) in [5.74, 6) is 0.507. The number of hydrazine groups is 1. The quantitative estimate of drug-likeness (QED) is 0.476. The van der Waals surface area contributed by atoms with Crippen molar-refractivity contribution in [1.29, 1.82) is 0 Å². The molecule has 0 spiro atoms. The molecular weight excluding hydrogens is 342 g/mol. The average Bonchev–Trinajstić information content (AvgIpc) is 2.66. The third-order valence-electron chi connectivity index (χ3n) is 3.30. The van der Waals surface area contributed by atoms with Gasteiger partial charge in [-0.05, 0) is 29.9 Å². The highest BCUT2D eigenvalue weighted by Crippen LogP contribution is 2.29. The van der Waals surface area contributed by atoms with Crippen molar-refractivity contribution in [2.45, 2.75) is 6.10 Å². The summed E-state index contributed by atoms with van der Waals surface area (Å²) >= 11 is 5.11. The van der Waals surface area contributed by atoms with Gasteiger partial charge in [-0.1, -0.05) is 30.3 Å². The van der Waals surface area contributed by atoms with Crippen LogP contribution in [0.3, 0.4) is 0 Å². The fraction of sp³-hybridized carbons (Fsp3) is 0.176. The molecule has 0 aromatic heterocycles. The molecule has 0 saturated carbocycles. The number of thiocarbonyl (C=S) groups is 1. The Morgan fingerprint density at radius 1 is 1.04 bits per heavy atom. The lowest BCUT2D eigenvalue weighted by Gasteiger charge is -2.15. The SMILES string of the molecule is COc1ccc(NC(=S)NNC(=O)[C@@H](O)c2ccccc2)cc1OC. The number of hydrogen-bond acceptors (Lipinski definition) is 5. The van der Waals surface area contributed by atoms with E-state index in [1.54, 1.807) is 55.6 Å². The maximum absolute atomic E-state index is 11.9. The van der Waals surface area contributed by atoms with Gasteiger partial charge in [-0.15, -0.1) is 0 Å². The van der Waals surface area contributed by atoms with Crippen LogP contribution in [-0.4, -0.2) is 30.3 Å². The second-order valence-corrected chi connectivity index (χ2v) is 5.36. The number of carbonyl (C=O) groups excluding carboxylic acids is 1. The number of rotatable bonds is 5. The molecule has 7 nitrogen and oxygen atoms in total. The van der Waals surface area contributed by atoms with E-state index in [0.717, 1.165) is 0 Å². The zero-order valence-electron chi connectivity index (χ0n) is 13.8. The van der Waals surface area contributed by atoms with Gasteiger partial charge in [0.2, 0.25) is 0 Å². The van der Waals surface area contributed by atoms with Crippen LogP contribution in [0.15, 0.2) is 48.5 Å². The Morgan fingerprint density at radius 2 is 1.72 bits per heavy atom. The van der Waals surface area contributed by atoms with Crippen LogP contribution in [0.25, 0.3) is 0 Å². The maximum atomic E-state index is 11.9. The normalized spacial score (nSPS) is 11.2. The highest BCUT2D eigenvalue weighted by molar-refractivity contribution is 7.80. The molecule has 0 fully saturated rings. The Bertz CT molecular complexity index is 740.